The Hall–Kier alpha value is -1.70. The summed E-state index contributed by atoms with van der Waals surface area (Å²) >= 11 is 0. The molecule has 0 amide bonds. The van der Waals surface area contributed by atoms with E-state index in [-0.39, 0.29) is 10.0 Å². The van der Waals surface area contributed by atoms with E-state index in [1.54, 1.807) is 0 Å². The molecule has 0 aromatic heterocycles. The van der Waals surface area contributed by atoms with Crippen molar-refractivity contribution in [2.24, 2.45) is 5.41 Å². The maximum absolute atomic E-state index is 12.0. The number of nitroso groups, excluding NO2 is 1. The van der Waals surface area contributed by atoms with Gasteiger partial charge in [0.25, 0.3) is 0 Å². The minimum absolute atomic E-state index is 0.0165. The largest absolute Gasteiger partial charge is 0.700 e. The number of esters is 2. The highest BCUT2D eigenvalue weighted by atomic mass is 16.7. The molecule has 0 radical (unpaired) electrons. The number of nitrogens with zero attached hydrogens (tertiary/aromatic N) is 2. The molecule has 1 aliphatic heterocycles. The molecule has 1 aliphatic rings. The molecule has 0 aliphatic carbocycles. The lowest BCUT2D eigenvalue weighted by atomic mass is 9.75. The molecule has 0 saturated carbocycles. The van der Waals surface area contributed by atoms with Gasteiger partial charge in [-0.3, -0.25) is 9.59 Å². The molecule has 19 heavy (non-hydrogen) atoms. The average molecular weight is 274 g/mol. The van der Waals surface area contributed by atoms with Gasteiger partial charge in [0.2, 0.25) is 5.72 Å². The Bertz CT molecular complexity index is 448. The fraction of sp³-hybridized carbons (Fsp3) is 0.818. The summed E-state index contributed by atoms with van der Waals surface area (Å²) in [7, 11) is 0. The number of carbonyl (C=O) groups is 2. The highest BCUT2D eigenvalue weighted by Crippen LogP contribution is 2.53. The molecular formula is C11H18N2O6. The monoisotopic (exact) mass is 274 g/mol. The van der Waals surface area contributed by atoms with Crippen molar-refractivity contribution in [3.05, 3.63) is 10.1 Å². The minimum Gasteiger partial charge on any atom is -0.700 e. The van der Waals surface area contributed by atoms with E-state index in [2.05, 4.69) is 0 Å². The highest BCUT2D eigenvalue weighted by Gasteiger charge is 2.77. The molecule has 0 bridgehead atoms. The molecule has 108 valence electrons. The van der Waals surface area contributed by atoms with Crippen molar-refractivity contribution in [2.75, 3.05) is 0 Å². The number of hydroxylamine groups is 1. The van der Waals surface area contributed by atoms with Gasteiger partial charge in [0.1, 0.15) is 5.41 Å². The van der Waals surface area contributed by atoms with Crippen molar-refractivity contribution in [1.82, 2.24) is 5.17 Å². The van der Waals surface area contributed by atoms with Crippen LogP contribution in [0.2, 0.25) is 0 Å². The van der Waals surface area contributed by atoms with E-state index in [0.29, 0.717) is 0 Å². The summed E-state index contributed by atoms with van der Waals surface area (Å²) < 4.78 is 10.0. The normalized spacial score (nSPS) is 33.2. The summed E-state index contributed by atoms with van der Waals surface area (Å²) in [4.78, 5) is 34.3. The lowest BCUT2D eigenvalue weighted by Crippen LogP contribution is -2.55. The number of carbonyl (C=O) groups excluding carboxylic acids is 2. The number of ether oxygens (including phenoxy) is 2. The van der Waals surface area contributed by atoms with Crippen molar-refractivity contribution in [3.63, 3.8) is 0 Å². The predicted octanol–water partition coefficient (Wildman–Crippen LogP) is 1.08. The number of hydrogen-bond acceptors (Lipinski definition) is 6. The van der Waals surface area contributed by atoms with E-state index in [1.165, 1.54) is 27.7 Å². The van der Waals surface area contributed by atoms with Crippen LogP contribution in [0.4, 0.5) is 0 Å². The van der Waals surface area contributed by atoms with Crippen molar-refractivity contribution >= 4 is 11.9 Å². The Balaban J connectivity index is 3.37. The van der Waals surface area contributed by atoms with E-state index >= 15 is 0 Å². The third-order valence-corrected chi connectivity index (χ3v) is 3.90. The van der Waals surface area contributed by atoms with E-state index in [0.717, 1.165) is 13.8 Å². The van der Waals surface area contributed by atoms with Gasteiger partial charge in [0.15, 0.2) is 4.87 Å². The molecule has 2 atom stereocenters. The summed E-state index contributed by atoms with van der Waals surface area (Å²) in [6, 6.07) is 0. The first-order valence-electron chi connectivity index (χ1n) is 5.74. The first-order valence-corrected chi connectivity index (χ1v) is 5.74. The molecular weight excluding hydrogens is 256 g/mol. The van der Waals surface area contributed by atoms with Crippen LogP contribution in [0.25, 0.3) is 0 Å². The van der Waals surface area contributed by atoms with Crippen molar-refractivity contribution < 1.29 is 23.9 Å². The van der Waals surface area contributed by atoms with Gasteiger partial charge in [0, 0.05) is 27.7 Å². The zero-order valence-corrected chi connectivity index (χ0v) is 11.8. The Morgan fingerprint density at radius 1 is 1.05 bits per heavy atom. The summed E-state index contributed by atoms with van der Waals surface area (Å²) in [5.74, 6) is -1.42. The van der Waals surface area contributed by atoms with Crippen molar-refractivity contribution in [1.29, 1.82) is 0 Å². The van der Waals surface area contributed by atoms with E-state index in [1.807, 2.05) is 0 Å². The molecule has 1 rings (SSSR count). The summed E-state index contributed by atoms with van der Waals surface area (Å²) in [5, 5.41) is 12.0. The fourth-order valence-corrected chi connectivity index (χ4v) is 2.15. The van der Waals surface area contributed by atoms with Crippen LogP contribution in [0.3, 0.4) is 0 Å². The standard InChI is InChI=1S/C11H18N2O6/c1-7(14)18-10(5)9(3,4)11(6,19-8(2)15)13(17)12(10)16/h1-6H3. The summed E-state index contributed by atoms with van der Waals surface area (Å²) in [5.41, 5.74) is -4.80. The maximum Gasteiger partial charge on any atom is 0.392 e. The quantitative estimate of drug-likeness (QED) is 0.548. The molecule has 1 heterocycles. The average Bonchev–Trinajstić information content (AvgIpc) is 2.30. The second-order valence-corrected chi connectivity index (χ2v) is 5.32. The lowest BCUT2D eigenvalue weighted by molar-refractivity contribution is -0.771. The van der Waals surface area contributed by atoms with Crippen LogP contribution in [0.15, 0.2) is 0 Å². The number of hydrogen-bond donors (Lipinski definition) is 0. The van der Waals surface area contributed by atoms with E-state index in [9.17, 15) is 19.7 Å². The van der Waals surface area contributed by atoms with Crippen molar-refractivity contribution in [3.8, 4) is 0 Å². The zero-order chi connectivity index (χ0) is 15.2. The summed E-state index contributed by atoms with van der Waals surface area (Å²) in [6.07, 6.45) is 0. The zero-order valence-electron chi connectivity index (χ0n) is 11.8. The van der Waals surface area contributed by atoms with Crippen LogP contribution in [-0.2, 0) is 19.1 Å². The second-order valence-electron chi connectivity index (χ2n) is 5.32. The van der Waals surface area contributed by atoms with Gasteiger partial charge in [-0.25, -0.2) is 0 Å². The van der Waals surface area contributed by atoms with Gasteiger partial charge in [-0.05, 0) is 13.8 Å². The Kier molecular flexibility index (Phi) is 3.36. The molecule has 0 aromatic rings. The lowest BCUT2D eigenvalue weighted by Gasteiger charge is -2.39. The fourth-order valence-electron chi connectivity index (χ4n) is 2.15. The molecule has 1 fully saturated rings. The molecule has 0 N–H and O–H groups in total. The SMILES string of the molecule is CC(=O)OC1(C)N([O-])[N+](=O)C(C)(OC(C)=O)C1(C)C. The van der Waals surface area contributed by atoms with Crippen molar-refractivity contribution in [2.45, 2.75) is 53.0 Å². The van der Waals surface area contributed by atoms with Gasteiger partial charge < -0.3 is 14.7 Å². The highest BCUT2D eigenvalue weighted by molar-refractivity contribution is 5.67. The first kappa shape index (κ1) is 15.4. The van der Waals surface area contributed by atoms with E-state index in [4.69, 9.17) is 9.47 Å². The summed E-state index contributed by atoms with van der Waals surface area (Å²) in [6.45, 7) is 7.91. The second kappa shape index (κ2) is 4.16. The van der Waals surface area contributed by atoms with E-state index < -0.39 is 28.8 Å². The van der Waals surface area contributed by atoms with Gasteiger partial charge in [0.05, 0.1) is 4.91 Å². The number of rotatable bonds is 2. The van der Waals surface area contributed by atoms with Crippen LogP contribution >= 0.6 is 0 Å². The van der Waals surface area contributed by atoms with Gasteiger partial charge in [-0.15, -0.1) is 5.17 Å². The molecule has 2 unspecified atom stereocenters. The van der Waals surface area contributed by atoms with Crippen LogP contribution < -0.4 is 0 Å². The van der Waals surface area contributed by atoms with Gasteiger partial charge in [-0.2, -0.15) is 0 Å². The van der Waals surface area contributed by atoms with Crippen LogP contribution in [0.5, 0.6) is 0 Å². The Labute approximate surface area is 110 Å². The Morgan fingerprint density at radius 2 is 1.47 bits per heavy atom. The molecule has 1 saturated heterocycles. The smallest absolute Gasteiger partial charge is 0.392 e. The number of hydrazine groups is 1. The molecule has 8 heteroatoms. The minimum atomic E-state index is -1.77. The Morgan fingerprint density at radius 3 is 1.84 bits per heavy atom. The third kappa shape index (κ3) is 1.86. The van der Waals surface area contributed by atoms with Crippen LogP contribution in [0, 0.1) is 15.5 Å². The van der Waals surface area contributed by atoms with Gasteiger partial charge >= 0.3 is 17.7 Å². The molecule has 8 nitrogen and oxygen atoms in total. The molecule has 0 spiro atoms. The van der Waals surface area contributed by atoms with Gasteiger partial charge in [-0.1, -0.05) is 0 Å². The van der Waals surface area contributed by atoms with Crippen LogP contribution in [-0.4, -0.2) is 33.4 Å². The predicted molar refractivity (Wildman–Crippen MR) is 63.0 cm³/mol. The topological polar surface area (TPSA) is 99.0 Å². The maximum atomic E-state index is 12.0. The van der Waals surface area contributed by atoms with Crippen LogP contribution in [0.1, 0.15) is 41.5 Å². The first-order chi connectivity index (χ1) is 8.40. The third-order valence-electron chi connectivity index (χ3n) is 3.90. The molecule has 0 aromatic carbocycles.